The van der Waals surface area contributed by atoms with Crippen LogP contribution >= 0.6 is 0 Å². The van der Waals surface area contributed by atoms with E-state index in [1.165, 1.54) is 30.7 Å². The predicted molar refractivity (Wildman–Crippen MR) is 55.1 cm³/mol. The fraction of sp³-hybridized carbons (Fsp3) is 0.727. The highest BCUT2D eigenvalue weighted by Crippen LogP contribution is 2.28. The third-order valence-corrected chi connectivity index (χ3v) is 3.47. The summed E-state index contributed by atoms with van der Waals surface area (Å²) in [6.07, 6.45) is 3.75. The average molecular weight is 191 g/mol. The minimum absolute atomic E-state index is 0.846. The molecule has 2 heterocycles. The highest BCUT2D eigenvalue weighted by atomic mass is 15.3. The molecular weight excluding hydrogens is 174 g/mol. The number of hydrogen-bond donors (Lipinski definition) is 1. The summed E-state index contributed by atoms with van der Waals surface area (Å²) in [6.45, 7) is 5.50. The Hall–Kier alpha value is -0.830. The van der Waals surface area contributed by atoms with Gasteiger partial charge >= 0.3 is 0 Å². The van der Waals surface area contributed by atoms with Gasteiger partial charge in [0.15, 0.2) is 0 Å². The van der Waals surface area contributed by atoms with Crippen LogP contribution in [0, 0.1) is 5.92 Å². The van der Waals surface area contributed by atoms with Gasteiger partial charge in [-0.25, -0.2) is 0 Å². The van der Waals surface area contributed by atoms with Crippen molar-refractivity contribution in [3.63, 3.8) is 0 Å². The summed E-state index contributed by atoms with van der Waals surface area (Å²) in [5.41, 5.74) is 4.38. The van der Waals surface area contributed by atoms with E-state index in [4.69, 9.17) is 5.10 Å². The molecule has 0 fully saturated rings. The quantitative estimate of drug-likeness (QED) is 0.666. The maximum absolute atomic E-state index is 4.70. The van der Waals surface area contributed by atoms with Crippen LogP contribution in [-0.4, -0.2) is 16.3 Å². The second-order valence-electron chi connectivity index (χ2n) is 4.62. The van der Waals surface area contributed by atoms with Gasteiger partial charge in [0.1, 0.15) is 0 Å². The van der Waals surface area contributed by atoms with Gasteiger partial charge in [0.25, 0.3) is 0 Å². The van der Waals surface area contributed by atoms with Gasteiger partial charge in [0.05, 0.1) is 17.9 Å². The van der Waals surface area contributed by atoms with E-state index in [1.807, 2.05) is 0 Å². The first-order chi connectivity index (χ1) is 6.84. The van der Waals surface area contributed by atoms with Gasteiger partial charge in [-0.3, -0.25) is 4.68 Å². The van der Waals surface area contributed by atoms with Crippen molar-refractivity contribution in [3.8, 4) is 0 Å². The number of nitrogens with one attached hydrogen (secondary N) is 1. The third kappa shape index (κ3) is 1.19. The Labute approximate surface area is 84.5 Å². The Balaban J connectivity index is 2.05. The summed E-state index contributed by atoms with van der Waals surface area (Å²) in [5, 5.41) is 8.13. The Kier molecular flexibility index (Phi) is 1.87. The molecule has 1 N–H and O–H groups in total. The van der Waals surface area contributed by atoms with Crippen LogP contribution in [-0.2, 0) is 25.9 Å². The van der Waals surface area contributed by atoms with Gasteiger partial charge < -0.3 is 5.32 Å². The zero-order chi connectivity index (χ0) is 9.54. The Bertz CT molecular complexity index is 354. The number of nitrogens with zero attached hydrogens (tertiary/aromatic N) is 2. The highest BCUT2D eigenvalue weighted by Gasteiger charge is 2.24. The summed E-state index contributed by atoms with van der Waals surface area (Å²) in [7, 11) is 0. The molecule has 0 unspecified atom stereocenters. The smallest absolute Gasteiger partial charge is 0.0660 e. The van der Waals surface area contributed by atoms with Crippen LogP contribution in [0.3, 0.4) is 0 Å². The Morgan fingerprint density at radius 3 is 3.36 bits per heavy atom. The van der Waals surface area contributed by atoms with E-state index in [1.54, 1.807) is 5.56 Å². The van der Waals surface area contributed by atoms with Crippen LogP contribution < -0.4 is 5.32 Å². The highest BCUT2D eigenvalue weighted by molar-refractivity contribution is 5.29. The van der Waals surface area contributed by atoms with Crippen LogP contribution in [0.15, 0.2) is 0 Å². The average Bonchev–Trinajstić information content (AvgIpc) is 2.56. The Morgan fingerprint density at radius 1 is 1.50 bits per heavy atom. The van der Waals surface area contributed by atoms with E-state index < -0.39 is 0 Å². The molecule has 1 aliphatic heterocycles. The van der Waals surface area contributed by atoms with E-state index in [0.717, 1.165) is 25.6 Å². The molecule has 0 radical (unpaired) electrons. The Morgan fingerprint density at radius 2 is 2.43 bits per heavy atom. The topological polar surface area (TPSA) is 29.9 Å². The van der Waals surface area contributed by atoms with E-state index in [9.17, 15) is 0 Å². The molecule has 1 aromatic heterocycles. The summed E-state index contributed by atoms with van der Waals surface area (Å²) in [5.74, 6) is 0.846. The molecule has 14 heavy (non-hydrogen) atoms. The molecule has 0 saturated heterocycles. The van der Waals surface area contributed by atoms with Crippen molar-refractivity contribution in [2.45, 2.75) is 39.3 Å². The maximum atomic E-state index is 4.70. The van der Waals surface area contributed by atoms with Crippen molar-refractivity contribution in [1.82, 2.24) is 15.1 Å². The molecule has 1 aliphatic carbocycles. The number of fused-ring (bicyclic) bond motifs is 3. The third-order valence-electron chi connectivity index (χ3n) is 3.47. The predicted octanol–water partition coefficient (Wildman–Crippen LogP) is 1.11. The van der Waals surface area contributed by atoms with E-state index in [2.05, 4.69) is 16.9 Å². The van der Waals surface area contributed by atoms with Gasteiger partial charge in [-0.15, -0.1) is 0 Å². The lowest BCUT2D eigenvalue weighted by Gasteiger charge is -2.19. The molecule has 0 bridgehead atoms. The second-order valence-corrected chi connectivity index (χ2v) is 4.62. The lowest BCUT2D eigenvalue weighted by Crippen LogP contribution is -2.29. The molecule has 0 spiro atoms. The largest absolute Gasteiger partial charge is 0.309 e. The van der Waals surface area contributed by atoms with Crippen molar-refractivity contribution < 1.29 is 0 Å². The summed E-state index contributed by atoms with van der Waals surface area (Å²) in [4.78, 5) is 0. The molecule has 1 atom stereocenters. The van der Waals surface area contributed by atoms with Crippen molar-refractivity contribution in [1.29, 1.82) is 0 Å². The number of aryl methyl sites for hydroxylation is 1. The molecule has 0 amide bonds. The normalized spacial score (nSPS) is 25.6. The lowest BCUT2D eigenvalue weighted by atomic mass is 9.87. The maximum Gasteiger partial charge on any atom is 0.0660 e. The monoisotopic (exact) mass is 191 g/mol. The number of rotatable bonds is 0. The van der Waals surface area contributed by atoms with Crippen LogP contribution in [0.5, 0.6) is 0 Å². The van der Waals surface area contributed by atoms with Gasteiger partial charge in [-0.2, -0.15) is 5.10 Å². The minimum atomic E-state index is 0.846. The van der Waals surface area contributed by atoms with Crippen LogP contribution in [0.1, 0.15) is 30.3 Å². The van der Waals surface area contributed by atoms with Crippen LogP contribution in [0.2, 0.25) is 0 Å². The standard InChI is InChI=1S/C11H17N3/c1-8-2-3-10-9(6-8)11-7-12-4-5-14(11)13-10/h8,12H,2-7H2,1H3/t8-/m0/s1. The van der Waals surface area contributed by atoms with Crippen molar-refractivity contribution >= 4 is 0 Å². The second kappa shape index (κ2) is 3.09. The van der Waals surface area contributed by atoms with Crippen molar-refractivity contribution in [2.24, 2.45) is 5.92 Å². The molecule has 3 nitrogen and oxygen atoms in total. The van der Waals surface area contributed by atoms with E-state index in [-0.39, 0.29) is 0 Å². The van der Waals surface area contributed by atoms with Crippen LogP contribution in [0.25, 0.3) is 0 Å². The van der Waals surface area contributed by atoms with Gasteiger partial charge in [0.2, 0.25) is 0 Å². The summed E-state index contributed by atoms with van der Waals surface area (Å²) >= 11 is 0. The molecule has 76 valence electrons. The molecule has 1 aromatic rings. The number of hydrogen-bond acceptors (Lipinski definition) is 2. The first kappa shape index (κ1) is 8.48. The molecule has 0 aromatic carbocycles. The number of aromatic nitrogens is 2. The minimum Gasteiger partial charge on any atom is -0.309 e. The van der Waals surface area contributed by atoms with Crippen molar-refractivity contribution in [3.05, 3.63) is 17.0 Å². The molecule has 3 rings (SSSR count). The fourth-order valence-corrected chi connectivity index (χ4v) is 2.63. The summed E-state index contributed by atoms with van der Waals surface area (Å²) in [6, 6.07) is 0. The van der Waals surface area contributed by atoms with Crippen LogP contribution in [0.4, 0.5) is 0 Å². The first-order valence-corrected chi connectivity index (χ1v) is 5.63. The fourth-order valence-electron chi connectivity index (χ4n) is 2.63. The summed E-state index contributed by atoms with van der Waals surface area (Å²) < 4.78 is 2.22. The molecule has 2 aliphatic rings. The molecule has 0 saturated carbocycles. The molecule has 3 heteroatoms. The van der Waals surface area contributed by atoms with E-state index in [0.29, 0.717) is 0 Å². The van der Waals surface area contributed by atoms with Gasteiger partial charge in [-0.1, -0.05) is 6.92 Å². The van der Waals surface area contributed by atoms with Gasteiger partial charge in [0, 0.05) is 13.1 Å². The molecular formula is C11H17N3. The lowest BCUT2D eigenvalue weighted by molar-refractivity contribution is 0.472. The van der Waals surface area contributed by atoms with Gasteiger partial charge in [-0.05, 0) is 30.7 Å². The SMILES string of the molecule is C[C@H]1CCc2nn3c(c2C1)CNCC3. The zero-order valence-corrected chi connectivity index (χ0v) is 8.71. The van der Waals surface area contributed by atoms with Crippen molar-refractivity contribution in [2.75, 3.05) is 6.54 Å². The van der Waals surface area contributed by atoms with E-state index >= 15 is 0 Å². The zero-order valence-electron chi connectivity index (χ0n) is 8.71. The first-order valence-electron chi connectivity index (χ1n) is 5.63.